The SMILES string of the molecule is CC(C)c1ncc(-c2cccc(-c3ccc(Cl)cc3)c2)n1C. The zero-order chi connectivity index (χ0) is 15.7. The highest BCUT2D eigenvalue weighted by Gasteiger charge is 2.11. The Morgan fingerprint density at radius 1 is 0.955 bits per heavy atom. The maximum absolute atomic E-state index is 5.97. The molecule has 0 radical (unpaired) electrons. The average molecular weight is 311 g/mol. The van der Waals surface area contributed by atoms with Gasteiger partial charge in [-0.3, -0.25) is 0 Å². The van der Waals surface area contributed by atoms with E-state index in [4.69, 9.17) is 11.6 Å². The minimum atomic E-state index is 0.415. The molecule has 0 spiro atoms. The van der Waals surface area contributed by atoms with Crippen LogP contribution in [0.2, 0.25) is 5.02 Å². The van der Waals surface area contributed by atoms with E-state index in [0.29, 0.717) is 5.92 Å². The van der Waals surface area contributed by atoms with E-state index in [1.165, 1.54) is 11.1 Å². The normalized spacial score (nSPS) is 11.1. The predicted molar refractivity (Wildman–Crippen MR) is 93.2 cm³/mol. The Morgan fingerprint density at radius 3 is 2.27 bits per heavy atom. The van der Waals surface area contributed by atoms with Crippen LogP contribution in [-0.4, -0.2) is 9.55 Å². The van der Waals surface area contributed by atoms with Gasteiger partial charge in [-0.15, -0.1) is 0 Å². The molecule has 0 unspecified atom stereocenters. The van der Waals surface area contributed by atoms with E-state index in [0.717, 1.165) is 22.1 Å². The quantitative estimate of drug-likeness (QED) is 0.622. The summed E-state index contributed by atoms with van der Waals surface area (Å²) in [5, 5.41) is 0.758. The third kappa shape index (κ3) is 2.79. The molecule has 0 saturated carbocycles. The van der Waals surface area contributed by atoms with Crippen molar-refractivity contribution in [1.82, 2.24) is 9.55 Å². The zero-order valence-corrected chi connectivity index (χ0v) is 13.8. The lowest BCUT2D eigenvalue weighted by Gasteiger charge is -2.10. The van der Waals surface area contributed by atoms with E-state index in [1.807, 2.05) is 30.5 Å². The first-order chi connectivity index (χ1) is 10.6. The van der Waals surface area contributed by atoms with E-state index in [-0.39, 0.29) is 0 Å². The van der Waals surface area contributed by atoms with Crippen LogP contribution in [-0.2, 0) is 7.05 Å². The van der Waals surface area contributed by atoms with Crippen LogP contribution in [0.25, 0.3) is 22.4 Å². The van der Waals surface area contributed by atoms with Gasteiger partial charge in [-0.2, -0.15) is 0 Å². The first kappa shape index (κ1) is 14.9. The minimum Gasteiger partial charge on any atom is -0.331 e. The van der Waals surface area contributed by atoms with Crippen molar-refractivity contribution in [2.45, 2.75) is 19.8 Å². The van der Waals surface area contributed by atoms with E-state index in [1.54, 1.807) is 0 Å². The maximum Gasteiger partial charge on any atom is 0.111 e. The molecule has 0 aliphatic carbocycles. The number of hydrogen-bond acceptors (Lipinski definition) is 1. The van der Waals surface area contributed by atoms with E-state index in [2.05, 4.69) is 54.7 Å². The van der Waals surface area contributed by atoms with Crippen LogP contribution in [0.4, 0.5) is 0 Å². The summed E-state index contributed by atoms with van der Waals surface area (Å²) in [4.78, 5) is 4.55. The Bertz CT molecular complexity index is 785. The first-order valence-electron chi connectivity index (χ1n) is 7.44. The van der Waals surface area contributed by atoms with Crippen LogP contribution in [0.1, 0.15) is 25.6 Å². The van der Waals surface area contributed by atoms with Crippen molar-refractivity contribution in [3.63, 3.8) is 0 Å². The number of aromatic nitrogens is 2. The molecule has 1 aromatic heterocycles. The predicted octanol–water partition coefficient (Wildman–Crippen LogP) is 5.53. The Balaban J connectivity index is 2.03. The molecule has 0 aliphatic rings. The first-order valence-corrected chi connectivity index (χ1v) is 7.82. The minimum absolute atomic E-state index is 0.415. The van der Waals surface area contributed by atoms with Crippen LogP contribution < -0.4 is 0 Å². The highest BCUT2D eigenvalue weighted by Crippen LogP contribution is 2.28. The summed E-state index contributed by atoms with van der Waals surface area (Å²) in [7, 11) is 2.08. The van der Waals surface area contributed by atoms with E-state index in [9.17, 15) is 0 Å². The molecule has 0 atom stereocenters. The number of halogens is 1. The van der Waals surface area contributed by atoms with Crippen LogP contribution in [0.5, 0.6) is 0 Å². The van der Waals surface area contributed by atoms with Gasteiger partial charge in [-0.25, -0.2) is 4.98 Å². The zero-order valence-electron chi connectivity index (χ0n) is 13.0. The molecule has 0 saturated heterocycles. The molecule has 1 heterocycles. The number of nitrogens with zero attached hydrogens (tertiary/aromatic N) is 2. The maximum atomic E-state index is 5.97. The molecule has 3 rings (SSSR count). The highest BCUT2D eigenvalue weighted by atomic mass is 35.5. The molecule has 0 aliphatic heterocycles. The Labute approximate surface area is 136 Å². The second-order valence-electron chi connectivity index (χ2n) is 5.80. The average Bonchev–Trinajstić information content (AvgIpc) is 2.90. The van der Waals surface area contributed by atoms with Crippen LogP contribution in [0.3, 0.4) is 0 Å². The molecule has 112 valence electrons. The van der Waals surface area contributed by atoms with Crippen LogP contribution >= 0.6 is 11.6 Å². The second-order valence-corrected chi connectivity index (χ2v) is 6.24. The van der Waals surface area contributed by atoms with Gasteiger partial charge in [0.15, 0.2) is 0 Å². The summed E-state index contributed by atoms with van der Waals surface area (Å²) in [5.74, 6) is 1.52. The fourth-order valence-electron chi connectivity index (χ4n) is 2.73. The largest absolute Gasteiger partial charge is 0.331 e. The number of imidazole rings is 1. The Kier molecular flexibility index (Phi) is 4.04. The lowest BCUT2D eigenvalue weighted by molar-refractivity contribution is 0.714. The molecule has 3 aromatic rings. The molecule has 3 heteroatoms. The Morgan fingerprint density at radius 2 is 1.64 bits per heavy atom. The van der Waals surface area contributed by atoms with Gasteiger partial charge in [0.1, 0.15) is 5.82 Å². The molecule has 0 N–H and O–H groups in total. The van der Waals surface area contributed by atoms with Crippen molar-refractivity contribution < 1.29 is 0 Å². The second kappa shape index (κ2) is 5.98. The topological polar surface area (TPSA) is 17.8 Å². The summed E-state index contributed by atoms with van der Waals surface area (Å²) in [6.45, 7) is 4.33. The van der Waals surface area contributed by atoms with Gasteiger partial charge < -0.3 is 4.57 Å². The number of rotatable bonds is 3. The van der Waals surface area contributed by atoms with Crippen LogP contribution in [0.15, 0.2) is 54.7 Å². The summed E-state index contributed by atoms with van der Waals surface area (Å²) in [6.07, 6.45) is 1.95. The van der Waals surface area contributed by atoms with Gasteiger partial charge in [-0.05, 0) is 29.3 Å². The third-order valence-electron chi connectivity index (χ3n) is 3.88. The summed E-state index contributed by atoms with van der Waals surface area (Å²) in [6, 6.07) is 16.5. The molecule has 2 nitrogen and oxygen atoms in total. The molecular weight excluding hydrogens is 292 g/mol. The van der Waals surface area contributed by atoms with Crippen molar-refractivity contribution in [2.75, 3.05) is 0 Å². The number of hydrogen-bond donors (Lipinski definition) is 0. The standard InChI is InChI=1S/C19H19ClN2/c1-13(2)19-21-12-18(22(19)3)16-6-4-5-15(11-16)14-7-9-17(20)10-8-14/h4-13H,1-3H3. The van der Waals surface area contributed by atoms with Crippen LogP contribution in [0, 0.1) is 0 Å². The van der Waals surface area contributed by atoms with E-state index < -0.39 is 0 Å². The van der Waals surface area contributed by atoms with E-state index >= 15 is 0 Å². The third-order valence-corrected chi connectivity index (χ3v) is 4.13. The molecule has 2 aromatic carbocycles. The van der Waals surface area contributed by atoms with Crippen molar-refractivity contribution in [1.29, 1.82) is 0 Å². The molecular formula is C19H19ClN2. The molecule has 0 bridgehead atoms. The highest BCUT2D eigenvalue weighted by molar-refractivity contribution is 6.30. The van der Waals surface area contributed by atoms with Gasteiger partial charge >= 0.3 is 0 Å². The van der Waals surface area contributed by atoms with Crippen molar-refractivity contribution in [2.24, 2.45) is 7.05 Å². The van der Waals surface area contributed by atoms with Crippen molar-refractivity contribution in [3.05, 3.63) is 65.6 Å². The molecule has 0 fully saturated rings. The number of benzene rings is 2. The van der Waals surface area contributed by atoms with Gasteiger partial charge in [0.25, 0.3) is 0 Å². The smallest absolute Gasteiger partial charge is 0.111 e. The monoisotopic (exact) mass is 310 g/mol. The van der Waals surface area contributed by atoms with Crippen molar-refractivity contribution in [3.8, 4) is 22.4 Å². The fraction of sp³-hybridized carbons (Fsp3) is 0.211. The summed E-state index contributed by atoms with van der Waals surface area (Å²) >= 11 is 5.97. The van der Waals surface area contributed by atoms with Gasteiger partial charge in [0, 0.05) is 23.6 Å². The fourth-order valence-corrected chi connectivity index (χ4v) is 2.85. The molecule has 0 amide bonds. The lowest BCUT2D eigenvalue weighted by Crippen LogP contribution is -2.01. The Hall–Kier alpha value is -2.06. The summed E-state index contributed by atoms with van der Waals surface area (Å²) < 4.78 is 2.17. The van der Waals surface area contributed by atoms with Gasteiger partial charge in [0.2, 0.25) is 0 Å². The summed E-state index contributed by atoms with van der Waals surface area (Å²) in [5.41, 5.74) is 4.66. The molecule has 22 heavy (non-hydrogen) atoms. The van der Waals surface area contributed by atoms with Gasteiger partial charge in [-0.1, -0.05) is 55.8 Å². The van der Waals surface area contributed by atoms with Gasteiger partial charge in [0.05, 0.1) is 11.9 Å². The van der Waals surface area contributed by atoms with Crippen molar-refractivity contribution >= 4 is 11.6 Å². The lowest BCUT2D eigenvalue weighted by atomic mass is 10.0.